The lowest BCUT2D eigenvalue weighted by molar-refractivity contribution is -0.0948. The standard InChI is InChI=1S/C12H14ClN3O4/c1-12(19)8(18)7(4-17)20-11(12)16-3-2-6-9(13)14-5-15-10(6)16/h2-3,5,7-8,11,17-19H,4H2,1H3/t7-,8-,11-,12+/m1/s1. The first-order chi connectivity index (χ1) is 9.46. The summed E-state index contributed by atoms with van der Waals surface area (Å²) in [6.45, 7) is 1.06. The van der Waals surface area contributed by atoms with E-state index in [1.54, 1.807) is 16.8 Å². The van der Waals surface area contributed by atoms with Gasteiger partial charge in [-0.15, -0.1) is 0 Å². The highest BCUT2D eigenvalue weighted by molar-refractivity contribution is 6.33. The van der Waals surface area contributed by atoms with E-state index >= 15 is 0 Å². The third kappa shape index (κ3) is 1.82. The molecule has 3 N–H and O–H groups in total. The van der Waals surface area contributed by atoms with Gasteiger partial charge in [0.15, 0.2) is 6.23 Å². The molecule has 8 heteroatoms. The molecule has 0 saturated carbocycles. The lowest BCUT2D eigenvalue weighted by Gasteiger charge is -2.27. The molecule has 20 heavy (non-hydrogen) atoms. The number of rotatable bonds is 2. The summed E-state index contributed by atoms with van der Waals surface area (Å²) in [4.78, 5) is 8.00. The number of aliphatic hydroxyl groups excluding tert-OH is 2. The van der Waals surface area contributed by atoms with Crippen molar-refractivity contribution in [2.45, 2.75) is 31.0 Å². The van der Waals surface area contributed by atoms with Crippen LogP contribution in [0, 0.1) is 0 Å². The number of aromatic nitrogens is 3. The van der Waals surface area contributed by atoms with Gasteiger partial charge in [-0.25, -0.2) is 9.97 Å². The van der Waals surface area contributed by atoms with Gasteiger partial charge in [-0.1, -0.05) is 11.6 Å². The van der Waals surface area contributed by atoms with E-state index in [0.717, 1.165) is 0 Å². The van der Waals surface area contributed by atoms with Crippen molar-refractivity contribution in [3.63, 3.8) is 0 Å². The maximum absolute atomic E-state index is 10.4. The Hall–Kier alpha value is -1.25. The lowest BCUT2D eigenvalue weighted by Crippen LogP contribution is -2.44. The Labute approximate surface area is 119 Å². The van der Waals surface area contributed by atoms with Crippen LogP contribution < -0.4 is 0 Å². The summed E-state index contributed by atoms with van der Waals surface area (Å²) in [5.74, 6) is 0. The first kappa shape index (κ1) is 13.7. The van der Waals surface area contributed by atoms with Gasteiger partial charge in [-0.2, -0.15) is 0 Å². The van der Waals surface area contributed by atoms with E-state index in [1.807, 2.05) is 0 Å². The van der Waals surface area contributed by atoms with Crippen LogP contribution >= 0.6 is 11.6 Å². The number of aliphatic hydroxyl groups is 3. The fourth-order valence-corrected chi connectivity index (χ4v) is 2.71. The van der Waals surface area contributed by atoms with Gasteiger partial charge in [-0.3, -0.25) is 0 Å². The summed E-state index contributed by atoms with van der Waals surface area (Å²) in [6.07, 6.45) is 0.0249. The summed E-state index contributed by atoms with van der Waals surface area (Å²) < 4.78 is 7.11. The van der Waals surface area contributed by atoms with E-state index in [4.69, 9.17) is 16.3 Å². The molecule has 0 aromatic carbocycles. The van der Waals surface area contributed by atoms with Crippen LogP contribution in [0.3, 0.4) is 0 Å². The molecule has 3 heterocycles. The third-order valence-electron chi connectivity index (χ3n) is 3.65. The molecule has 0 amide bonds. The smallest absolute Gasteiger partial charge is 0.167 e. The van der Waals surface area contributed by atoms with Gasteiger partial charge in [0.05, 0.1) is 12.0 Å². The number of hydrogen-bond acceptors (Lipinski definition) is 6. The topological polar surface area (TPSA) is 101 Å². The number of nitrogens with zero attached hydrogens (tertiary/aromatic N) is 3. The van der Waals surface area contributed by atoms with Crippen LogP contribution in [0.4, 0.5) is 0 Å². The SMILES string of the molecule is C[C@]1(O)[C@H](O)[C@@H](CO)O[C@H]1n1ccc2c(Cl)ncnc21. The Morgan fingerprint density at radius 2 is 2.25 bits per heavy atom. The number of ether oxygens (including phenoxy) is 1. The molecule has 0 unspecified atom stereocenters. The van der Waals surface area contributed by atoms with Crippen LogP contribution in [-0.2, 0) is 4.74 Å². The monoisotopic (exact) mass is 299 g/mol. The fraction of sp³-hybridized carbons (Fsp3) is 0.500. The van der Waals surface area contributed by atoms with Crippen molar-refractivity contribution >= 4 is 22.6 Å². The zero-order chi connectivity index (χ0) is 14.5. The summed E-state index contributed by atoms with van der Waals surface area (Å²) in [7, 11) is 0. The van der Waals surface area contributed by atoms with Crippen LogP contribution in [0.5, 0.6) is 0 Å². The Bertz CT molecular complexity index is 645. The Kier molecular flexibility index (Phi) is 3.19. The molecular formula is C12H14ClN3O4. The minimum absolute atomic E-state index is 0.297. The highest BCUT2D eigenvalue weighted by Crippen LogP contribution is 2.39. The van der Waals surface area contributed by atoms with E-state index in [0.29, 0.717) is 16.2 Å². The van der Waals surface area contributed by atoms with Gasteiger partial charge in [0.1, 0.15) is 34.9 Å². The van der Waals surface area contributed by atoms with Gasteiger partial charge in [0, 0.05) is 6.20 Å². The molecule has 1 aliphatic heterocycles. The van der Waals surface area contributed by atoms with E-state index in [9.17, 15) is 15.3 Å². The van der Waals surface area contributed by atoms with Crippen molar-refractivity contribution in [2.24, 2.45) is 0 Å². The van der Waals surface area contributed by atoms with E-state index in [1.165, 1.54) is 13.3 Å². The second kappa shape index (κ2) is 4.64. The maximum atomic E-state index is 10.4. The van der Waals surface area contributed by atoms with Gasteiger partial charge in [-0.05, 0) is 13.0 Å². The largest absolute Gasteiger partial charge is 0.394 e. The second-order valence-electron chi connectivity index (χ2n) is 5.00. The second-order valence-corrected chi connectivity index (χ2v) is 5.36. The van der Waals surface area contributed by atoms with Crippen molar-refractivity contribution in [1.82, 2.24) is 14.5 Å². The van der Waals surface area contributed by atoms with Crippen LogP contribution in [0.15, 0.2) is 18.6 Å². The number of halogens is 1. The number of hydrogen-bond donors (Lipinski definition) is 3. The van der Waals surface area contributed by atoms with Crippen LogP contribution in [-0.4, -0.2) is 54.3 Å². The van der Waals surface area contributed by atoms with E-state index in [-0.39, 0.29) is 6.61 Å². The predicted octanol–water partition coefficient (Wildman–Crippen LogP) is 0.0863. The summed E-state index contributed by atoms with van der Waals surface area (Å²) >= 11 is 5.98. The predicted molar refractivity (Wildman–Crippen MR) is 70.2 cm³/mol. The Balaban J connectivity index is 2.10. The molecular weight excluding hydrogens is 286 g/mol. The highest BCUT2D eigenvalue weighted by Gasteiger charge is 2.53. The van der Waals surface area contributed by atoms with Crippen molar-refractivity contribution in [3.8, 4) is 0 Å². The first-order valence-electron chi connectivity index (χ1n) is 6.10. The molecule has 4 atom stereocenters. The zero-order valence-electron chi connectivity index (χ0n) is 10.6. The maximum Gasteiger partial charge on any atom is 0.167 e. The molecule has 1 aliphatic rings. The average Bonchev–Trinajstić information content (AvgIpc) is 2.92. The fourth-order valence-electron chi connectivity index (χ4n) is 2.52. The first-order valence-corrected chi connectivity index (χ1v) is 6.48. The number of fused-ring (bicyclic) bond motifs is 1. The van der Waals surface area contributed by atoms with Gasteiger partial charge >= 0.3 is 0 Å². The molecule has 0 aliphatic carbocycles. The zero-order valence-corrected chi connectivity index (χ0v) is 11.4. The molecule has 2 aromatic heterocycles. The van der Waals surface area contributed by atoms with Gasteiger partial charge in [0.25, 0.3) is 0 Å². The normalized spacial score (nSPS) is 34.0. The summed E-state index contributed by atoms with van der Waals surface area (Å²) in [6, 6.07) is 1.70. The molecule has 2 aromatic rings. The van der Waals surface area contributed by atoms with E-state index < -0.39 is 24.0 Å². The van der Waals surface area contributed by atoms with Crippen molar-refractivity contribution in [3.05, 3.63) is 23.7 Å². The summed E-state index contributed by atoms with van der Waals surface area (Å²) in [5.41, 5.74) is -1.07. The minimum Gasteiger partial charge on any atom is -0.394 e. The molecule has 7 nitrogen and oxygen atoms in total. The molecule has 0 spiro atoms. The molecule has 1 fully saturated rings. The van der Waals surface area contributed by atoms with Crippen molar-refractivity contribution in [1.29, 1.82) is 0 Å². The third-order valence-corrected chi connectivity index (χ3v) is 3.95. The summed E-state index contributed by atoms with van der Waals surface area (Å²) in [5, 5.41) is 30.6. The van der Waals surface area contributed by atoms with E-state index in [2.05, 4.69) is 9.97 Å². The average molecular weight is 300 g/mol. The van der Waals surface area contributed by atoms with Crippen LogP contribution in [0.2, 0.25) is 5.15 Å². The van der Waals surface area contributed by atoms with Gasteiger partial charge < -0.3 is 24.6 Å². The van der Waals surface area contributed by atoms with Crippen molar-refractivity contribution < 1.29 is 20.1 Å². The highest BCUT2D eigenvalue weighted by atomic mass is 35.5. The molecule has 108 valence electrons. The van der Waals surface area contributed by atoms with Crippen molar-refractivity contribution in [2.75, 3.05) is 6.61 Å². The minimum atomic E-state index is -1.56. The molecule has 0 bridgehead atoms. The Morgan fingerprint density at radius 1 is 1.50 bits per heavy atom. The van der Waals surface area contributed by atoms with Crippen LogP contribution in [0.1, 0.15) is 13.2 Å². The molecule has 1 saturated heterocycles. The quantitative estimate of drug-likeness (QED) is 0.679. The van der Waals surface area contributed by atoms with Crippen LogP contribution in [0.25, 0.3) is 11.0 Å². The lowest BCUT2D eigenvalue weighted by atomic mass is 9.96. The Morgan fingerprint density at radius 3 is 2.90 bits per heavy atom. The van der Waals surface area contributed by atoms with Gasteiger partial charge in [0.2, 0.25) is 0 Å². The molecule has 3 rings (SSSR count). The molecule has 0 radical (unpaired) electrons.